The Bertz CT molecular complexity index is 1490. The summed E-state index contributed by atoms with van der Waals surface area (Å²) in [4.78, 5) is 51.0. The molecule has 2 aromatic carbocycles. The Morgan fingerprint density at radius 1 is 1.15 bits per heavy atom. The van der Waals surface area contributed by atoms with Gasteiger partial charge in [-0.25, -0.2) is 9.78 Å². The number of carboxylic acids is 1. The lowest BCUT2D eigenvalue weighted by Gasteiger charge is -2.09. The number of hydrogen-bond acceptors (Lipinski definition) is 6. The number of nitrogens with one attached hydrogen (secondary N) is 1. The van der Waals surface area contributed by atoms with E-state index in [-0.39, 0.29) is 16.9 Å². The predicted octanol–water partition coefficient (Wildman–Crippen LogP) is 3.96. The number of aliphatic carboxylic acids is 1. The van der Waals surface area contributed by atoms with Gasteiger partial charge in [-0.05, 0) is 54.0 Å². The number of fused-ring (bicyclic) bond motifs is 2. The molecule has 34 heavy (non-hydrogen) atoms. The van der Waals surface area contributed by atoms with Gasteiger partial charge in [0.25, 0.3) is 17.2 Å². The molecule has 4 rings (SSSR count). The molecule has 2 heterocycles. The number of aromatic nitrogens is 2. The maximum atomic E-state index is 13.0. The van der Waals surface area contributed by atoms with Gasteiger partial charge in [0.15, 0.2) is 0 Å². The van der Waals surface area contributed by atoms with Crippen molar-refractivity contribution in [2.75, 3.05) is 5.32 Å². The van der Waals surface area contributed by atoms with Gasteiger partial charge in [0.05, 0.1) is 15.8 Å². The van der Waals surface area contributed by atoms with Crippen LogP contribution < -0.4 is 10.9 Å². The molecule has 172 valence electrons. The molecule has 0 spiro atoms. The second-order valence-corrected chi connectivity index (χ2v) is 8.04. The number of halogens is 2. The van der Waals surface area contributed by atoms with Gasteiger partial charge in [0.1, 0.15) is 15.9 Å². The summed E-state index contributed by atoms with van der Waals surface area (Å²) in [6, 6.07) is 10.5. The summed E-state index contributed by atoms with van der Waals surface area (Å²) in [5.41, 5.74) is 1.78. The SMILES string of the molecule is O=C(O)C(Cl)=C(Cl)C(=O)Nc1ccc2c(=O)n3c(nc2c1)C(=Cc1ccc([N+](=O)[O-])cc1)CC3. The largest absolute Gasteiger partial charge is 0.477 e. The molecule has 1 aliphatic heterocycles. The normalized spacial score (nSPS) is 14.6. The minimum absolute atomic E-state index is 0.0246. The molecule has 0 unspecified atom stereocenters. The van der Waals surface area contributed by atoms with Gasteiger partial charge >= 0.3 is 5.97 Å². The van der Waals surface area contributed by atoms with Crippen molar-refractivity contribution in [2.24, 2.45) is 0 Å². The molecule has 0 aliphatic carbocycles. The number of nitro groups is 1. The zero-order valence-corrected chi connectivity index (χ0v) is 18.6. The van der Waals surface area contributed by atoms with Crippen LogP contribution in [0.3, 0.4) is 0 Å². The van der Waals surface area contributed by atoms with Gasteiger partial charge in [-0.1, -0.05) is 23.2 Å². The summed E-state index contributed by atoms with van der Waals surface area (Å²) in [6.45, 7) is 0.433. The number of amides is 1. The van der Waals surface area contributed by atoms with E-state index < -0.39 is 26.9 Å². The number of carbonyl (C=O) groups is 2. The van der Waals surface area contributed by atoms with Crippen LogP contribution in [0.25, 0.3) is 22.6 Å². The number of benzene rings is 2. The first-order valence-electron chi connectivity index (χ1n) is 9.75. The number of nitrogens with zero attached hydrogens (tertiary/aromatic N) is 3. The standard InChI is InChI=1S/C22H14Cl2N4O6/c23-17(18(24)22(31)32)20(29)25-13-3-6-15-16(10-13)26-19-12(7-8-27(19)21(15)30)9-11-1-4-14(5-2-11)28(33)34/h1-6,9-10H,7-8H2,(H,25,29)(H,31,32). The molecule has 2 N–H and O–H groups in total. The van der Waals surface area contributed by atoms with Crippen molar-refractivity contribution >= 4 is 69.0 Å². The number of carbonyl (C=O) groups excluding carboxylic acids is 1. The zero-order valence-electron chi connectivity index (χ0n) is 17.1. The van der Waals surface area contributed by atoms with E-state index in [1.165, 1.54) is 30.3 Å². The Hall–Kier alpha value is -4.02. The van der Waals surface area contributed by atoms with Gasteiger partial charge in [-0.2, -0.15) is 0 Å². The highest BCUT2D eigenvalue weighted by Crippen LogP contribution is 2.29. The molecule has 1 amide bonds. The number of rotatable bonds is 5. The van der Waals surface area contributed by atoms with Crippen LogP contribution in [-0.4, -0.2) is 31.5 Å². The molecule has 0 saturated carbocycles. The van der Waals surface area contributed by atoms with Crippen LogP contribution in [0.4, 0.5) is 11.4 Å². The molecule has 1 aromatic heterocycles. The molecule has 3 aromatic rings. The summed E-state index contributed by atoms with van der Waals surface area (Å²) in [5, 5.41) is 21.0. The Morgan fingerprint density at radius 3 is 2.50 bits per heavy atom. The van der Waals surface area contributed by atoms with Crippen molar-refractivity contribution in [3.63, 3.8) is 0 Å². The number of hydrogen-bond donors (Lipinski definition) is 2. The highest BCUT2D eigenvalue weighted by atomic mass is 35.5. The molecule has 0 radical (unpaired) electrons. The summed E-state index contributed by atoms with van der Waals surface area (Å²) in [6.07, 6.45) is 2.36. The Labute approximate surface area is 200 Å². The number of anilines is 1. The van der Waals surface area contributed by atoms with Crippen LogP contribution in [0.1, 0.15) is 17.8 Å². The molecule has 0 bridgehead atoms. The second kappa shape index (κ2) is 9.08. The fourth-order valence-corrected chi connectivity index (χ4v) is 3.72. The third-order valence-electron chi connectivity index (χ3n) is 5.13. The van der Waals surface area contributed by atoms with Gasteiger partial charge in [-0.3, -0.25) is 24.3 Å². The lowest BCUT2D eigenvalue weighted by Crippen LogP contribution is -2.21. The maximum Gasteiger partial charge on any atom is 0.349 e. The maximum absolute atomic E-state index is 13.0. The van der Waals surface area contributed by atoms with E-state index in [2.05, 4.69) is 10.3 Å². The highest BCUT2D eigenvalue weighted by Gasteiger charge is 2.22. The molecule has 0 saturated heterocycles. The van der Waals surface area contributed by atoms with Crippen molar-refractivity contribution in [3.05, 3.63) is 84.4 Å². The molecule has 0 atom stereocenters. The lowest BCUT2D eigenvalue weighted by molar-refractivity contribution is -0.384. The van der Waals surface area contributed by atoms with Crippen LogP contribution in [0.15, 0.2) is 57.3 Å². The first-order valence-corrected chi connectivity index (χ1v) is 10.5. The summed E-state index contributed by atoms with van der Waals surface area (Å²) >= 11 is 11.2. The third-order valence-corrected chi connectivity index (χ3v) is 5.94. The van der Waals surface area contributed by atoms with E-state index in [1.54, 1.807) is 16.7 Å². The van der Waals surface area contributed by atoms with Crippen LogP contribution in [0.2, 0.25) is 0 Å². The minimum Gasteiger partial charge on any atom is -0.477 e. The van der Waals surface area contributed by atoms with E-state index >= 15 is 0 Å². The topological polar surface area (TPSA) is 144 Å². The van der Waals surface area contributed by atoms with Gasteiger partial charge in [0, 0.05) is 24.4 Å². The van der Waals surface area contributed by atoms with Crippen LogP contribution >= 0.6 is 23.2 Å². The third kappa shape index (κ3) is 4.41. The van der Waals surface area contributed by atoms with E-state index in [0.29, 0.717) is 29.7 Å². The van der Waals surface area contributed by atoms with E-state index in [9.17, 15) is 24.5 Å². The van der Waals surface area contributed by atoms with Crippen LogP contribution in [-0.2, 0) is 16.1 Å². The first kappa shape index (κ1) is 23.1. The van der Waals surface area contributed by atoms with E-state index in [4.69, 9.17) is 28.3 Å². The van der Waals surface area contributed by atoms with Crippen molar-refractivity contribution in [2.45, 2.75) is 13.0 Å². The monoisotopic (exact) mass is 500 g/mol. The quantitative estimate of drug-likeness (QED) is 0.306. The summed E-state index contributed by atoms with van der Waals surface area (Å²) in [7, 11) is 0. The van der Waals surface area contributed by atoms with E-state index in [0.717, 1.165) is 11.1 Å². The highest BCUT2D eigenvalue weighted by molar-refractivity contribution is 6.54. The average Bonchev–Trinajstić information content (AvgIpc) is 3.20. The number of allylic oxidation sites excluding steroid dienone is 1. The average molecular weight is 501 g/mol. The Balaban J connectivity index is 1.70. The molecular formula is C22H14Cl2N4O6. The minimum atomic E-state index is -1.54. The molecular weight excluding hydrogens is 487 g/mol. The van der Waals surface area contributed by atoms with Gasteiger partial charge in [0.2, 0.25) is 0 Å². The van der Waals surface area contributed by atoms with Crippen molar-refractivity contribution in [1.29, 1.82) is 0 Å². The predicted molar refractivity (Wildman–Crippen MR) is 127 cm³/mol. The summed E-state index contributed by atoms with van der Waals surface area (Å²) in [5.74, 6) is -2.02. The number of carboxylic acid groups (broad SMARTS) is 1. The number of non-ortho nitro benzene ring substituents is 1. The van der Waals surface area contributed by atoms with Crippen molar-refractivity contribution in [1.82, 2.24) is 9.55 Å². The summed E-state index contributed by atoms with van der Waals surface area (Å²) < 4.78 is 1.55. The van der Waals surface area contributed by atoms with Gasteiger partial charge in [-0.15, -0.1) is 0 Å². The number of nitro benzene ring substituents is 1. The zero-order chi connectivity index (χ0) is 24.6. The second-order valence-electron chi connectivity index (χ2n) is 7.28. The molecule has 0 fully saturated rings. The fourth-order valence-electron chi connectivity index (χ4n) is 3.51. The van der Waals surface area contributed by atoms with Crippen molar-refractivity contribution in [3.8, 4) is 0 Å². The van der Waals surface area contributed by atoms with Crippen molar-refractivity contribution < 1.29 is 19.6 Å². The fraction of sp³-hybridized carbons (Fsp3) is 0.0909. The smallest absolute Gasteiger partial charge is 0.349 e. The van der Waals surface area contributed by atoms with Gasteiger partial charge < -0.3 is 10.4 Å². The Kier molecular flexibility index (Phi) is 6.18. The Morgan fingerprint density at radius 2 is 1.85 bits per heavy atom. The van der Waals surface area contributed by atoms with Crippen LogP contribution in [0.5, 0.6) is 0 Å². The molecule has 10 nitrogen and oxygen atoms in total. The molecule has 12 heteroatoms. The first-order chi connectivity index (χ1) is 16.2. The molecule has 1 aliphatic rings. The van der Waals surface area contributed by atoms with E-state index in [1.807, 2.05) is 6.08 Å². The van der Waals surface area contributed by atoms with Crippen LogP contribution in [0, 0.1) is 10.1 Å². The lowest BCUT2D eigenvalue weighted by atomic mass is 10.1.